The summed E-state index contributed by atoms with van der Waals surface area (Å²) in [6.07, 6.45) is 5.01. The fourth-order valence-corrected chi connectivity index (χ4v) is 4.59. The molecule has 0 aromatic rings. The van der Waals surface area contributed by atoms with Crippen molar-refractivity contribution in [2.24, 2.45) is 29.6 Å². The van der Waals surface area contributed by atoms with Gasteiger partial charge in [0.25, 0.3) is 0 Å². The number of ether oxygens (including phenoxy) is 1. The Labute approximate surface area is 107 Å². The van der Waals surface area contributed by atoms with Crippen LogP contribution in [0.4, 0.5) is 0 Å². The third-order valence-corrected chi connectivity index (χ3v) is 5.30. The Morgan fingerprint density at radius 1 is 1.33 bits per heavy atom. The Balaban J connectivity index is 1.94. The van der Waals surface area contributed by atoms with E-state index in [0.717, 1.165) is 25.7 Å². The molecule has 2 aliphatic carbocycles. The molecular weight excluding hydrogens is 232 g/mol. The minimum absolute atomic E-state index is 0.102. The minimum Gasteiger partial charge on any atom is -0.481 e. The lowest BCUT2D eigenvalue weighted by Crippen LogP contribution is -2.47. The number of fused-ring (bicyclic) bond motifs is 2. The second-order valence-electron chi connectivity index (χ2n) is 6.13. The molecule has 1 saturated heterocycles. The number of carbonyl (C=O) groups excluding carboxylic acids is 1. The first-order chi connectivity index (χ1) is 8.59. The number of carboxylic acids is 1. The fraction of sp³-hybridized carbons (Fsp3) is 0.857. The van der Waals surface area contributed by atoms with Crippen LogP contribution in [0.15, 0.2) is 0 Å². The molecule has 3 aliphatic rings. The standard InChI is InChI=1S/C14H20O4/c1-7-11-10(14(17)18-7)6-8-4-2-3-5-9(8)12(11)13(15)16/h7-12H,2-6H2,1H3,(H,15,16). The van der Waals surface area contributed by atoms with Gasteiger partial charge in [0.05, 0.1) is 11.8 Å². The largest absolute Gasteiger partial charge is 0.481 e. The predicted molar refractivity (Wildman–Crippen MR) is 63.7 cm³/mol. The molecular formula is C14H20O4. The van der Waals surface area contributed by atoms with Gasteiger partial charge in [-0.3, -0.25) is 9.59 Å². The molecule has 100 valence electrons. The van der Waals surface area contributed by atoms with Crippen LogP contribution >= 0.6 is 0 Å². The first-order valence-electron chi connectivity index (χ1n) is 7.03. The zero-order valence-electron chi connectivity index (χ0n) is 10.7. The van der Waals surface area contributed by atoms with E-state index in [9.17, 15) is 14.7 Å². The van der Waals surface area contributed by atoms with Gasteiger partial charge in [-0.25, -0.2) is 0 Å². The van der Waals surface area contributed by atoms with Gasteiger partial charge < -0.3 is 9.84 Å². The third-order valence-electron chi connectivity index (χ3n) is 5.30. The molecule has 3 rings (SSSR count). The van der Waals surface area contributed by atoms with Crippen molar-refractivity contribution in [2.75, 3.05) is 0 Å². The molecule has 2 saturated carbocycles. The average molecular weight is 252 g/mol. The van der Waals surface area contributed by atoms with Crippen molar-refractivity contribution < 1.29 is 19.4 Å². The van der Waals surface area contributed by atoms with Crippen LogP contribution in [0.2, 0.25) is 0 Å². The monoisotopic (exact) mass is 252 g/mol. The lowest BCUT2D eigenvalue weighted by atomic mass is 9.57. The summed E-state index contributed by atoms with van der Waals surface area (Å²) in [7, 11) is 0. The van der Waals surface area contributed by atoms with E-state index in [1.165, 1.54) is 6.42 Å². The quantitative estimate of drug-likeness (QED) is 0.726. The van der Waals surface area contributed by atoms with Crippen molar-refractivity contribution in [2.45, 2.75) is 45.1 Å². The van der Waals surface area contributed by atoms with E-state index in [2.05, 4.69) is 0 Å². The second kappa shape index (κ2) is 4.25. The van der Waals surface area contributed by atoms with E-state index in [-0.39, 0.29) is 35.7 Å². The molecule has 0 spiro atoms. The van der Waals surface area contributed by atoms with Gasteiger partial charge in [0, 0.05) is 5.92 Å². The summed E-state index contributed by atoms with van der Waals surface area (Å²) in [5.74, 6) is -0.867. The maximum atomic E-state index is 11.8. The highest BCUT2D eigenvalue weighted by atomic mass is 16.6. The fourth-order valence-electron chi connectivity index (χ4n) is 4.59. The molecule has 3 fully saturated rings. The number of rotatable bonds is 1. The molecule has 4 nitrogen and oxygen atoms in total. The molecule has 4 heteroatoms. The summed E-state index contributed by atoms with van der Waals surface area (Å²) in [5.41, 5.74) is 0. The molecule has 6 atom stereocenters. The Kier molecular flexibility index (Phi) is 2.83. The van der Waals surface area contributed by atoms with Crippen LogP contribution in [0.3, 0.4) is 0 Å². The maximum Gasteiger partial charge on any atom is 0.309 e. The van der Waals surface area contributed by atoms with Crippen LogP contribution < -0.4 is 0 Å². The first-order valence-corrected chi connectivity index (χ1v) is 7.03. The zero-order valence-corrected chi connectivity index (χ0v) is 10.7. The van der Waals surface area contributed by atoms with Crippen LogP contribution in [0.25, 0.3) is 0 Å². The highest BCUT2D eigenvalue weighted by Gasteiger charge is 2.56. The van der Waals surface area contributed by atoms with E-state index in [1.54, 1.807) is 0 Å². The summed E-state index contributed by atoms with van der Waals surface area (Å²) < 4.78 is 5.29. The smallest absolute Gasteiger partial charge is 0.309 e. The SMILES string of the molecule is CC1OC(=O)C2CC3CCCCC3C(C(=O)O)C12. The second-order valence-corrected chi connectivity index (χ2v) is 6.13. The number of aliphatic carboxylic acids is 1. The van der Waals surface area contributed by atoms with Crippen molar-refractivity contribution >= 4 is 11.9 Å². The van der Waals surface area contributed by atoms with Crippen LogP contribution in [-0.2, 0) is 14.3 Å². The number of cyclic esters (lactones) is 1. The molecule has 1 heterocycles. The van der Waals surface area contributed by atoms with Crippen molar-refractivity contribution in [3.05, 3.63) is 0 Å². The van der Waals surface area contributed by atoms with Gasteiger partial charge in [-0.1, -0.05) is 19.3 Å². The molecule has 0 bridgehead atoms. The van der Waals surface area contributed by atoms with Gasteiger partial charge in [-0.2, -0.15) is 0 Å². The summed E-state index contributed by atoms with van der Waals surface area (Å²) >= 11 is 0. The van der Waals surface area contributed by atoms with Crippen LogP contribution in [0.5, 0.6) is 0 Å². The highest BCUT2D eigenvalue weighted by molar-refractivity contribution is 5.79. The first kappa shape index (κ1) is 12.0. The summed E-state index contributed by atoms with van der Waals surface area (Å²) in [6, 6.07) is 0. The summed E-state index contributed by atoms with van der Waals surface area (Å²) in [6.45, 7) is 1.85. The lowest BCUT2D eigenvalue weighted by molar-refractivity contribution is -0.152. The van der Waals surface area contributed by atoms with E-state index in [4.69, 9.17) is 4.74 Å². The topological polar surface area (TPSA) is 63.6 Å². The molecule has 6 unspecified atom stereocenters. The van der Waals surface area contributed by atoms with Gasteiger partial charge in [0.2, 0.25) is 0 Å². The molecule has 1 aliphatic heterocycles. The summed E-state index contributed by atoms with van der Waals surface area (Å²) in [4.78, 5) is 23.5. The van der Waals surface area contributed by atoms with E-state index < -0.39 is 5.97 Å². The van der Waals surface area contributed by atoms with Crippen LogP contribution in [-0.4, -0.2) is 23.1 Å². The number of hydrogen-bond acceptors (Lipinski definition) is 3. The molecule has 0 amide bonds. The van der Waals surface area contributed by atoms with Crippen molar-refractivity contribution in [3.63, 3.8) is 0 Å². The Hall–Kier alpha value is -1.06. The van der Waals surface area contributed by atoms with Gasteiger partial charge in [-0.15, -0.1) is 0 Å². The zero-order chi connectivity index (χ0) is 12.9. The van der Waals surface area contributed by atoms with Gasteiger partial charge in [0.15, 0.2) is 0 Å². The molecule has 0 radical (unpaired) electrons. The van der Waals surface area contributed by atoms with Gasteiger partial charge >= 0.3 is 11.9 Å². The number of carboxylic acid groups (broad SMARTS) is 1. The molecule has 18 heavy (non-hydrogen) atoms. The summed E-state index contributed by atoms with van der Waals surface area (Å²) in [5, 5.41) is 9.56. The molecule has 0 aromatic carbocycles. The number of carbonyl (C=O) groups is 2. The lowest BCUT2D eigenvalue weighted by Gasteiger charge is -2.44. The Bertz CT molecular complexity index is 378. The molecule has 0 aromatic heterocycles. The van der Waals surface area contributed by atoms with Crippen molar-refractivity contribution in [1.29, 1.82) is 0 Å². The Morgan fingerprint density at radius 2 is 2.06 bits per heavy atom. The highest BCUT2D eigenvalue weighted by Crippen LogP contribution is 2.52. The minimum atomic E-state index is -0.730. The van der Waals surface area contributed by atoms with Crippen molar-refractivity contribution in [1.82, 2.24) is 0 Å². The number of hydrogen-bond donors (Lipinski definition) is 1. The molecule has 1 N–H and O–H groups in total. The third kappa shape index (κ3) is 1.65. The van der Waals surface area contributed by atoms with Gasteiger partial charge in [0.1, 0.15) is 6.10 Å². The van der Waals surface area contributed by atoms with E-state index >= 15 is 0 Å². The number of esters is 1. The van der Waals surface area contributed by atoms with Crippen molar-refractivity contribution in [3.8, 4) is 0 Å². The average Bonchev–Trinajstić information content (AvgIpc) is 2.62. The van der Waals surface area contributed by atoms with Gasteiger partial charge in [-0.05, 0) is 31.6 Å². The predicted octanol–water partition coefficient (Wildman–Crippen LogP) is 2.08. The Morgan fingerprint density at radius 3 is 2.78 bits per heavy atom. The normalized spacial score (nSPS) is 47.1. The van der Waals surface area contributed by atoms with Crippen LogP contribution in [0, 0.1) is 29.6 Å². The maximum absolute atomic E-state index is 11.8. The van der Waals surface area contributed by atoms with E-state index in [0.29, 0.717) is 5.92 Å². The van der Waals surface area contributed by atoms with E-state index in [1.807, 2.05) is 6.92 Å². The van der Waals surface area contributed by atoms with Crippen LogP contribution in [0.1, 0.15) is 39.0 Å².